The molecule has 1 atom stereocenters. The summed E-state index contributed by atoms with van der Waals surface area (Å²) in [5.74, 6) is 0. The average molecular weight is 485 g/mol. The Bertz CT molecular complexity index is 573. The molecule has 0 radical (unpaired) electrons. The maximum Gasteiger partial charge on any atom is 0.0542 e. The first kappa shape index (κ1) is 16.7. The minimum Gasteiger partial charge on any atom is -0.310 e. The van der Waals surface area contributed by atoms with Gasteiger partial charge in [-0.05, 0) is 80.6 Å². The molecule has 0 bridgehead atoms. The van der Waals surface area contributed by atoms with Crippen LogP contribution < -0.4 is 5.32 Å². The van der Waals surface area contributed by atoms with Gasteiger partial charge < -0.3 is 5.32 Å². The molecule has 20 heavy (non-hydrogen) atoms. The highest BCUT2D eigenvalue weighted by molar-refractivity contribution is 14.1. The SMILES string of the molecule is CCCNC(Cc1sccc1Br)c1ccc(I)c(Cl)c1. The lowest BCUT2D eigenvalue weighted by Crippen LogP contribution is -2.24. The fourth-order valence-electron chi connectivity index (χ4n) is 2.01. The number of nitrogens with one attached hydrogen (secondary N) is 1. The van der Waals surface area contributed by atoms with Crippen molar-refractivity contribution in [2.45, 2.75) is 25.8 Å². The van der Waals surface area contributed by atoms with Crippen molar-refractivity contribution in [1.29, 1.82) is 0 Å². The number of halogens is 3. The second-order valence-electron chi connectivity index (χ2n) is 4.58. The van der Waals surface area contributed by atoms with Crippen molar-refractivity contribution in [3.8, 4) is 0 Å². The zero-order valence-corrected chi connectivity index (χ0v) is 16.4. The second kappa shape index (κ2) is 8.13. The molecule has 1 N–H and O–H groups in total. The molecular formula is C15H16BrClINS. The van der Waals surface area contributed by atoms with E-state index in [0.717, 1.165) is 28.0 Å². The molecule has 1 aromatic heterocycles. The molecule has 0 aliphatic carbocycles. The van der Waals surface area contributed by atoms with Crippen LogP contribution in [0.4, 0.5) is 0 Å². The van der Waals surface area contributed by atoms with Gasteiger partial charge in [-0.1, -0.05) is 24.6 Å². The summed E-state index contributed by atoms with van der Waals surface area (Å²) in [4.78, 5) is 1.37. The predicted octanol–water partition coefficient (Wildman–Crippen LogP) is 6.05. The van der Waals surface area contributed by atoms with Crippen LogP contribution in [0.1, 0.15) is 29.8 Å². The van der Waals surface area contributed by atoms with Crippen LogP contribution in [-0.4, -0.2) is 6.54 Å². The number of hydrogen-bond acceptors (Lipinski definition) is 2. The van der Waals surface area contributed by atoms with Crippen LogP contribution in [0.2, 0.25) is 5.02 Å². The van der Waals surface area contributed by atoms with Crippen molar-refractivity contribution >= 4 is 61.5 Å². The third-order valence-electron chi connectivity index (χ3n) is 3.07. The number of hydrogen-bond donors (Lipinski definition) is 1. The van der Waals surface area contributed by atoms with E-state index in [9.17, 15) is 0 Å². The Morgan fingerprint density at radius 2 is 2.20 bits per heavy atom. The van der Waals surface area contributed by atoms with Crippen molar-refractivity contribution < 1.29 is 0 Å². The molecule has 0 aliphatic rings. The molecule has 1 aromatic carbocycles. The molecule has 2 rings (SSSR count). The Morgan fingerprint density at radius 3 is 2.80 bits per heavy atom. The summed E-state index contributed by atoms with van der Waals surface area (Å²) in [6, 6.07) is 8.75. The van der Waals surface area contributed by atoms with Gasteiger partial charge in [0.1, 0.15) is 0 Å². The molecule has 0 saturated carbocycles. The van der Waals surface area contributed by atoms with E-state index in [1.54, 1.807) is 11.3 Å². The minimum atomic E-state index is 0.305. The van der Waals surface area contributed by atoms with Crippen molar-refractivity contribution in [3.05, 3.63) is 53.2 Å². The first-order valence-electron chi connectivity index (χ1n) is 6.52. The summed E-state index contributed by atoms with van der Waals surface area (Å²) >= 11 is 13.9. The van der Waals surface area contributed by atoms with Crippen molar-refractivity contribution in [1.82, 2.24) is 5.32 Å². The van der Waals surface area contributed by atoms with Gasteiger partial charge in [0.2, 0.25) is 0 Å². The molecule has 108 valence electrons. The molecule has 0 fully saturated rings. The number of rotatable bonds is 6. The highest BCUT2D eigenvalue weighted by Crippen LogP contribution is 2.30. The van der Waals surface area contributed by atoms with E-state index in [-0.39, 0.29) is 0 Å². The summed E-state index contributed by atoms with van der Waals surface area (Å²) in [5, 5.41) is 6.58. The summed E-state index contributed by atoms with van der Waals surface area (Å²) in [5.41, 5.74) is 1.25. The standard InChI is InChI=1S/C15H16BrClINS/c1-2-6-19-14(9-15-11(16)5-7-20-15)10-3-4-13(18)12(17)8-10/h3-5,7-8,14,19H,2,6,9H2,1H3. The predicted molar refractivity (Wildman–Crippen MR) is 101 cm³/mol. The average Bonchev–Trinajstić information content (AvgIpc) is 2.83. The van der Waals surface area contributed by atoms with Crippen LogP contribution in [0.15, 0.2) is 34.1 Å². The van der Waals surface area contributed by atoms with Gasteiger partial charge in [-0.15, -0.1) is 11.3 Å². The van der Waals surface area contributed by atoms with E-state index < -0.39 is 0 Å². The molecule has 5 heteroatoms. The Morgan fingerprint density at radius 1 is 1.40 bits per heavy atom. The maximum absolute atomic E-state index is 6.26. The summed E-state index contributed by atoms with van der Waals surface area (Å²) in [6.45, 7) is 3.20. The summed E-state index contributed by atoms with van der Waals surface area (Å²) in [7, 11) is 0. The van der Waals surface area contributed by atoms with Gasteiger partial charge in [0.15, 0.2) is 0 Å². The van der Waals surface area contributed by atoms with E-state index >= 15 is 0 Å². The van der Waals surface area contributed by atoms with Crippen molar-refractivity contribution in [3.63, 3.8) is 0 Å². The van der Waals surface area contributed by atoms with Gasteiger partial charge in [-0.3, -0.25) is 0 Å². The first-order chi connectivity index (χ1) is 9.61. The Labute approximate surface area is 151 Å². The lowest BCUT2D eigenvalue weighted by Gasteiger charge is -2.19. The van der Waals surface area contributed by atoms with Gasteiger partial charge in [0.05, 0.1) is 5.02 Å². The molecule has 1 unspecified atom stereocenters. The molecule has 1 nitrogen and oxygen atoms in total. The van der Waals surface area contributed by atoms with E-state index in [0.29, 0.717) is 6.04 Å². The molecule has 2 aromatic rings. The monoisotopic (exact) mass is 483 g/mol. The largest absolute Gasteiger partial charge is 0.310 e. The zero-order valence-electron chi connectivity index (χ0n) is 11.1. The molecule has 0 aliphatic heterocycles. The third-order valence-corrected chi connectivity index (χ3v) is 6.59. The quantitative estimate of drug-likeness (QED) is 0.492. The van der Waals surface area contributed by atoms with E-state index in [1.807, 2.05) is 0 Å². The van der Waals surface area contributed by atoms with Crippen LogP contribution >= 0.6 is 61.5 Å². The number of thiophene rings is 1. The zero-order chi connectivity index (χ0) is 14.5. The smallest absolute Gasteiger partial charge is 0.0542 e. The minimum absolute atomic E-state index is 0.305. The highest BCUT2D eigenvalue weighted by Gasteiger charge is 2.15. The topological polar surface area (TPSA) is 12.0 Å². The highest BCUT2D eigenvalue weighted by atomic mass is 127. The molecule has 0 amide bonds. The first-order valence-corrected chi connectivity index (χ1v) is 9.65. The van der Waals surface area contributed by atoms with Gasteiger partial charge in [-0.2, -0.15) is 0 Å². The van der Waals surface area contributed by atoms with Gasteiger partial charge >= 0.3 is 0 Å². The van der Waals surface area contributed by atoms with Crippen LogP contribution in [-0.2, 0) is 6.42 Å². The lowest BCUT2D eigenvalue weighted by atomic mass is 10.0. The number of benzene rings is 1. The molecule has 1 heterocycles. The Kier molecular flexibility index (Phi) is 6.81. The van der Waals surface area contributed by atoms with Gasteiger partial charge in [0.25, 0.3) is 0 Å². The van der Waals surface area contributed by atoms with Gasteiger partial charge in [0, 0.05) is 25.4 Å². The van der Waals surface area contributed by atoms with Crippen LogP contribution in [0, 0.1) is 3.57 Å². The Hall–Kier alpha value is 0.380. The summed E-state index contributed by atoms with van der Waals surface area (Å²) in [6.07, 6.45) is 2.11. The van der Waals surface area contributed by atoms with Crippen LogP contribution in [0.5, 0.6) is 0 Å². The summed E-state index contributed by atoms with van der Waals surface area (Å²) < 4.78 is 2.29. The third kappa shape index (κ3) is 4.44. The maximum atomic E-state index is 6.26. The molecular weight excluding hydrogens is 469 g/mol. The van der Waals surface area contributed by atoms with E-state index in [4.69, 9.17) is 11.6 Å². The lowest BCUT2D eigenvalue weighted by molar-refractivity contribution is 0.531. The molecule has 0 spiro atoms. The fraction of sp³-hybridized carbons (Fsp3) is 0.333. The normalized spacial score (nSPS) is 12.6. The Balaban J connectivity index is 2.22. The van der Waals surface area contributed by atoms with E-state index in [2.05, 4.69) is 80.4 Å². The molecule has 0 saturated heterocycles. The van der Waals surface area contributed by atoms with Crippen molar-refractivity contribution in [2.24, 2.45) is 0 Å². The van der Waals surface area contributed by atoms with Crippen molar-refractivity contribution in [2.75, 3.05) is 6.54 Å². The van der Waals surface area contributed by atoms with E-state index in [1.165, 1.54) is 14.9 Å². The fourth-order valence-corrected chi connectivity index (χ4v) is 4.10. The van der Waals surface area contributed by atoms with Crippen LogP contribution in [0.3, 0.4) is 0 Å². The van der Waals surface area contributed by atoms with Crippen LogP contribution in [0.25, 0.3) is 0 Å². The second-order valence-corrected chi connectivity index (χ2v) is 8.00. The van der Waals surface area contributed by atoms with Gasteiger partial charge in [-0.25, -0.2) is 0 Å².